The summed E-state index contributed by atoms with van der Waals surface area (Å²) < 4.78 is 5.18. The number of amides is 3. The van der Waals surface area contributed by atoms with Crippen LogP contribution in [-0.4, -0.2) is 63.9 Å². The predicted molar refractivity (Wildman–Crippen MR) is 126 cm³/mol. The van der Waals surface area contributed by atoms with Crippen molar-refractivity contribution >= 4 is 17.9 Å². The molecule has 0 aliphatic carbocycles. The van der Waals surface area contributed by atoms with Crippen molar-refractivity contribution in [2.45, 2.75) is 71.2 Å². The van der Waals surface area contributed by atoms with Gasteiger partial charge in [0.15, 0.2) is 0 Å². The largest absolute Gasteiger partial charge is 0.508 e. The fourth-order valence-electron chi connectivity index (χ4n) is 3.29. The Morgan fingerprint density at radius 1 is 1.21 bits per heavy atom. The van der Waals surface area contributed by atoms with Crippen LogP contribution in [0.5, 0.6) is 5.75 Å². The molecular formula is C24H37N3O6. The van der Waals surface area contributed by atoms with Gasteiger partial charge >= 0.3 is 6.09 Å². The van der Waals surface area contributed by atoms with Gasteiger partial charge in [0, 0.05) is 18.2 Å². The fraction of sp³-hybridized carbons (Fsp3) is 0.542. The Hall–Kier alpha value is -3.07. The van der Waals surface area contributed by atoms with Crippen molar-refractivity contribution in [3.8, 4) is 5.75 Å². The molecule has 3 atom stereocenters. The predicted octanol–water partition coefficient (Wildman–Crippen LogP) is 2.64. The molecule has 0 bridgehead atoms. The van der Waals surface area contributed by atoms with Crippen LogP contribution < -0.4 is 10.6 Å². The highest BCUT2D eigenvalue weighted by Crippen LogP contribution is 2.30. The number of phenols is 1. The highest BCUT2D eigenvalue weighted by molar-refractivity contribution is 5.92. The summed E-state index contributed by atoms with van der Waals surface area (Å²) in [5, 5.41) is 25.5. The van der Waals surface area contributed by atoms with E-state index in [2.05, 4.69) is 17.2 Å². The van der Waals surface area contributed by atoms with Gasteiger partial charge in [0.25, 0.3) is 0 Å². The third-order valence-corrected chi connectivity index (χ3v) is 4.68. The van der Waals surface area contributed by atoms with E-state index in [4.69, 9.17) is 4.74 Å². The number of phenolic OH excluding ortho intramolecular Hbond substituents is 1. The maximum Gasteiger partial charge on any atom is 0.408 e. The summed E-state index contributed by atoms with van der Waals surface area (Å²) in [5.41, 5.74) is -0.593. The lowest BCUT2D eigenvalue weighted by Crippen LogP contribution is -2.54. The SMILES string of the molecule is C=CCN(C(=O)C(CO)NC(=O)OC(C)(C)C)C(C(=O)NC(C)CCC)c1ccccc1O. The van der Waals surface area contributed by atoms with E-state index < -0.39 is 42.2 Å². The van der Waals surface area contributed by atoms with E-state index in [1.165, 1.54) is 12.1 Å². The highest BCUT2D eigenvalue weighted by Gasteiger charge is 2.37. The van der Waals surface area contributed by atoms with Gasteiger partial charge < -0.3 is 30.5 Å². The molecule has 184 valence electrons. The van der Waals surface area contributed by atoms with Crippen molar-refractivity contribution in [3.05, 3.63) is 42.5 Å². The number of benzene rings is 1. The minimum absolute atomic E-state index is 0.0695. The smallest absolute Gasteiger partial charge is 0.408 e. The van der Waals surface area contributed by atoms with Crippen LogP contribution >= 0.6 is 0 Å². The zero-order valence-electron chi connectivity index (χ0n) is 20.1. The average Bonchev–Trinajstić information content (AvgIpc) is 2.71. The highest BCUT2D eigenvalue weighted by atomic mass is 16.6. The first-order valence-electron chi connectivity index (χ1n) is 11.0. The van der Waals surface area contributed by atoms with E-state index in [9.17, 15) is 24.6 Å². The summed E-state index contributed by atoms with van der Waals surface area (Å²) in [6.07, 6.45) is 2.13. The standard InChI is InChI=1S/C24H37N3O6/c1-7-11-16(3)25-21(30)20(17-12-9-10-13-19(17)29)27(14-8-2)22(31)18(15-28)26-23(32)33-24(4,5)6/h8-10,12-13,16,18,20,28-29H,2,7,11,14-15H2,1,3-6H3,(H,25,30)(H,26,32). The maximum absolute atomic E-state index is 13.4. The van der Waals surface area contributed by atoms with E-state index in [0.29, 0.717) is 0 Å². The molecule has 0 aliphatic rings. The molecule has 0 fully saturated rings. The van der Waals surface area contributed by atoms with Gasteiger partial charge in [-0.15, -0.1) is 6.58 Å². The van der Waals surface area contributed by atoms with Gasteiger partial charge in [0.05, 0.1) is 6.61 Å². The van der Waals surface area contributed by atoms with Crippen molar-refractivity contribution < 1.29 is 29.3 Å². The topological polar surface area (TPSA) is 128 Å². The molecule has 0 heterocycles. The van der Waals surface area contributed by atoms with Crippen LogP contribution in [0, 0.1) is 0 Å². The average molecular weight is 464 g/mol. The molecule has 33 heavy (non-hydrogen) atoms. The summed E-state index contributed by atoms with van der Waals surface area (Å²) >= 11 is 0. The Labute approximate surface area is 195 Å². The summed E-state index contributed by atoms with van der Waals surface area (Å²) in [6, 6.07) is 3.47. The molecule has 1 aromatic rings. The lowest BCUT2D eigenvalue weighted by molar-refractivity contribution is -0.142. The first kappa shape index (κ1) is 28.0. The molecule has 0 aliphatic heterocycles. The third-order valence-electron chi connectivity index (χ3n) is 4.68. The number of hydrogen-bond donors (Lipinski definition) is 4. The van der Waals surface area contributed by atoms with Gasteiger partial charge in [-0.25, -0.2) is 4.79 Å². The maximum atomic E-state index is 13.4. The Balaban J connectivity index is 3.34. The number of carbonyl (C=O) groups is 3. The number of aliphatic hydroxyl groups excluding tert-OH is 1. The fourth-order valence-corrected chi connectivity index (χ4v) is 3.29. The van der Waals surface area contributed by atoms with Gasteiger partial charge in [-0.05, 0) is 40.2 Å². The number of aromatic hydroxyl groups is 1. The number of nitrogens with zero attached hydrogens (tertiary/aromatic N) is 1. The van der Waals surface area contributed by atoms with Crippen LogP contribution in [0.25, 0.3) is 0 Å². The molecule has 0 spiro atoms. The quantitative estimate of drug-likeness (QED) is 0.374. The zero-order chi connectivity index (χ0) is 25.2. The first-order chi connectivity index (χ1) is 15.4. The molecule has 0 saturated heterocycles. The summed E-state index contributed by atoms with van der Waals surface area (Å²) in [4.78, 5) is 40.1. The number of para-hydroxylation sites is 1. The Morgan fingerprint density at radius 3 is 2.36 bits per heavy atom. The third kappa shape index (κ3) is 8.76. The summed E-state index contributed by atoms with van der Waals surface area (Å²) in [7, 11) is 0. The molecule has 3 unspecified atom stereocenters. The number of hydrogen-bond acceptors (Lipinski definition) is 6. The van der Waals surface area contributed by atoms with Gasteiger partial charge in [0.2, 0.25) is 11.8 Å². The molecule has 1 aromatic carbocycles. The van der Waals surface area contributed by atoms with E-state index in [1.807, 2.05) is 13.8 Å². The normalized spacial score (nSPS) is 13.9. The lowest BCUT2D eigenvalue weighted by Gasteiger charge is -2.34. The molecule has 0 aromatic heterocycles. The van der Waals surface area contributed by atoms with Crippen molar-refractivity contribution in [2.24, 2.45) is 0 Å². The molecular weight excluding hydrogens is 426 g/mol. The van der Waals surface area contributed by atoms with Crippen LogP contribution in [0.3, 0.4) is 0 Å². The number of carbonyl (C=O) groups excluding carboxylic acids is 3. The van der Waals surface area contributed by atoms with Crippen molar-refractivity contribution in [2.75, 3.05) is 13.2 Å². The van der Waals surface area contributed by atoms with Gasteiger partial charge in [-0.1, -0.05) is 37.6 Å². The Kier molecular flexibility index (Phi) is 10.9. The van der Waals surface area contributed by atoms with Gasteiger partial charge in [-0.2, -0.15) is 0 Å². The number of nitrogens with one attached hydrogen (secondary N) is 2. The molecule has 9 nitrogen and oxygen atoms in total. The molecule has 0 saturated carbocycles. The van der Waals surface area contributed by atoms with Gasteiger partial charge in [0.1, 0.15) is 23.4 Å². The van der Waals surface area contributed by atoms with Gasteiger partial charge in [-0.3, -0.25) is 9.59 Å². The van der Waals surface area contributed by atoms with Crippen LogP contribution in [0.4, 0.5) is 4.79 Å². The lowest BCUT2D eigenvalue weighted by atomic mass is 10.0. The molecule has 4 N–H and O–H groups in total. The number of aliphatic hydroxyl groups is 1. The minimum Gasteiger partial charge on any atom is -0.508 e. The molecule has 1 rings (SSSR count). The monoisotopic (exact) mass is 463 g/mol. The van der Waals surface area contributed by atoms with Crippen LogP contribution in [-0.2, 0) is 14.3 Å². The molecule has 3 amide bonds. The number of alkyl carbamates (subject to hydrolysis) is 1. The van der Waals surface area contributed by atoms with Crippen molar-refractivity contribution in [1.29, 1.82) is 0 Å². The Morgan fingerprint density at radius 2 is 1.85 bits per heavy atom. The second-order valence-corrected chi connectivity index (χ2v) is 8.82. The number of ether oxygens (including phenoxy) is 1. The Bertz CT molecular complexity index is 821. The second kappa shape index (κ2) is 12.8. The zero-order valence-corrected chi connectivity index (χ0v) is 20.1. The molecule has 9 heteroatoms. The van der Waals surface area contributed by atoms with E-state index in [-0.39, 0.29) is 23.9 Å². The minimum atomic E-state index is -1.37. The van der Waals surface area contributed by atoms with E-state index >= 15 is 0 Å². The number of rotatable bonds is 11. The van der Waals surface area contributed by atoms with Crippen molar-refractivity contribution in [1.82, 2.24) is 15.5 Å². The van der Waals surface area contributed by atoms with E-state index in [1.54, 1.807) is 39.0 Å². The first-order valence-corrected chi connectivity index (χ1v) is 11.0. The van der Waals surface area contributed by atoms with Crippen LogP contribution in [0.15, 0.2) is 36.9 Å². The van der Waals surface area contributed by atoms with Crippen molar-refractivity contribution in [3.63, 3.8) is 0 Å². The van der Waals surface area contributed by atoms with Crippen LogP contribution in [0.1, 0.15) is 59.1 Å². The molecule has 0 radical (unpaired) electrons. The second-order valence-electron chi connectivity index (χ2n) is 8.82. The summed E-state index contributed by atoms with van der Waals surface area (Å²) in [5.74, 6) is -1.39. The van der Waals surface area contributed by atoms with E-state index in [0.717, 1.165) is 17.7 Å². The van der Waals surface area contributed by atoms with Crippen LogP contribution in [0.2, 0.25) is 0 Å². The summed E-state index contributed by atoms with van der Waals surface area (Å²) in [6.45, 7) is 11.7.